The zero-order valence-corrected chi connectivity index (χ0v) is 6.91. The van der Waals surface area contributed by atoms with Crippen LogP contribution in [0.3, 0.4) is 0 Å². The van der Waals surface area contributed by atoms with Crippen LogP contribution in [0.25, 0.3) is 0 Å². The van der Waals surface area contributed by atoms with Crippen LogP contribution in [0.1, 0.15) is 25.7 Å². The summed E-state index contributed by atoms with van der Waals surface area (Å²) in [7, 11) is 0. The third-order valence-electron chi connectivity index (χ3n) is 1.91. The quantitative estimate of drug-likeness (QED) is 0.584. The molecule has 0 radical (unpaired) electrons. The van der Waals surface area contributed by atoms with E-state index >= 15 is 0 Å². The molecule has 0 aliphatic heterocycles. The molecule has 1 saturated carbocycles. The second kappa shape index (κ2) is 3.88. The van der Waals surface area contributed by atoms with Crippen molar-refractivity contribution >= 4 is 17.2 Å². The molecule has 1 aliphatic carbocycles. The average Bonchev–Trinajstić information content (AvgIpc) is 2.40. The van der Waals surface area contributed by atoms with Crippen molar-refractivity contribution in [2.75, 3.05) is 6.54 Å². The highest BCUT2D eigenvalue weighted by molar-refractivity contribution is 7.80. The summed E-state index contributed by atoms with van der Waals surface area (Å²) in [6, 6.07) is 0.621. The van der Waals surface area contributed by atoms with Crippen molar-refractivity contribution < 1.29 is 0 Å². The molecule has 3 N–H and O–H groups in total. The zero-order chi connectivity index (χ0) is 7.40. The molecular weight excluding hydrogens is 144 g/mol. The Morgan fingerprint density at radius 1 is 1.50 bits per heavy atom. The molecular formula is C7H14N2S. The van der Waals surface area contributed by atoms with Gasteiger partial charge in [-0.15, -0.1) is 0 Å². The van der Waals surface area contributed by atoms with E-state index in [9.17, 15) is 0 Å². The van der Waals surface area contributed by atoms with Gasteiger partial charge >= 0.3 is 0 Å². The van der Waals surface area contributed by atoms with E-state index in [-0.39, 0.29) is 0 Å². The summed E-state index contributed by atoms with van der Waals surface area (Å²) in [4.78, 5) is 0.812. The number of nitrogens with one attached hydrogen (secondary N) is 1. The van der Waals surface area contributed by atoms with Crippen molar-refractivity contribution in [3.05, 3.63) is 0 Å². The number of nitrogens with two attached hydrogens (primary N) is 1. The normalized spacial score (nSPS) is 19.3. The van der Waals surface area contributed by atoms with Gasteiger partial charge in [-0.1, -0.05) is 25.1 Å². The zero-order valence-electron chi connectivity index (χ0n) is 6.10. The van der Waals surface area contributed by atoms with Gasteiger partial charge in [0.15, 0.2) is 0 Å². The monoisotopic (exact) mass is 158 g/mol. The van der Waals surface area contributed by atoms with Crippen LogP contribution in [-0.2, 0) is 0 Å². The Labute approximate surface area is 67.2 Å². The Morgan fingerprint density at radius 3 is 2.60 bits per heavy atom. The van der Waals surface area contributed by atoms with Crippen LogP contribution in [0, 0.1) is 0 Å². The number of hydrogen-bond acceptors (Lipinski definition) is 2. The van der Waals surface area contributed by atoms with Crippen molar-refractivity contribution in [2.45, 2.75) is 31.7 Å². The first-order valence-electron chi connectivity index (χ1n) is 3.82. The summed E-state index contributed by atoms with van der Waals surface area (Å²) in [5.41, 5.74) is 5.35. The summed E-state index contributed by atoms with van der Waals surface area (Å²) < 4.78 is 0. The molecule has 0 atom stereocenters. The van der Waals surface area contributed by atoms with Gasteiger partial charge in [-0.2, -0.15) is 0 Å². The van der Waals surface area contributed by atoms with Gasteiger partial charge in [0.25, 0.3) is 0 Å². The van der Waals surface area contributed by atoms with Gasteiger partial charge in [0.05, 0.1) is 4.99 Å². The van der Waals surface area contributed by atoms with E-state index in [0.29, 0.717) is 12.6 Å². The molecule has 58 valence electrons. The van der Waals surface area contributed by atoms with Gasteiger partial charge in [0.2, 0.25) is 0 Å². The van der Waals surface area contributed by atoms with E-state index < -0.39 is 0 Å². The van der Waals surface area contributed by atoms with Crippen LogP contribution < -0.4 is 11.1 Å². The maximum atomic E-state index is 5.35. The van der Waals surface area contributed by atoms with E-state index in [2.05, 4.69) is 5.32 Å². The summed E-state index contributed by atoms with van der Waals surface area (Å²) in [5.74, 6) is 0. The van der Waals surface area contributed by atoms with Crippen LogP contribution in [0.5, 0.6) is 0 Å². The van der Waals surface area contributed by atoms with Crippen molar-refractivity contribution in [1.29, 1.82) is 0 Å². The Morgan fingerprint density at radius 2 is 2.10 bits per heavy atom. The lowest BCUT2D eigenvalue weighted by molar-refractivity contribution is 0.631. The molecule has 10 heavy (non-hydrogen) atoms. The van der Waals surface area contributed by atoms with Crippen molar-refractivity contribution in [3.63, 3.8) is 0 Å². The molecule has 0 aromatic rings. The molecule has 1 fully saturated rings. The van der Waals surface area contributed by atoms with Gasteiger partial charge in [-0.05, 0) is 12.8 Å². The highest BCUT2D eigenvalue weighted by Crippen LogP contribution is 2.17. The standard InChI is InChI=1S/C7H14N2S/c8-5-7(10)9-6-3-1-2-4-6/h6H,1-5,8H2,(H,9,10). The molecule has 0 unspecified atom stereocenters. The van der Waals surface area contributed by atoms with E-state index in [4.69, 9.17) is 18.0 Å². The van der Waals surface area contributed by atoms with Crippen LogP contribution >= 0.6 is 12.2 Å². The minimum absolute atomic E-state index is 0.492. The highest BCUT2D eigenvalue weighted by atomic mass is 32.1. The number of rotatable bonds is 2. The third-order valence-corrected chi connectivity index (χ3v) is 2.19. The molecule has 0 saturated heterocycles. The minimum atomic E-state index is 0.492. The summed E-state index contributed by atoms with van der Waals surface area (Å²) in [6.45, 7) is 0.492. The fourth-order valence-electron chi connectivity index (χ4n) is 1.36. The molecule has 2 nitrogen and oxygen atoms in total. The fourth-order valence-corrected chi connectivity index (χ4v) is 1.52. The number of hydrogen-bond donors (Lipinski definition) is 2. The third kappa shape index (κ3) is 2.23. The summed E-state index contributed by atoms with van der Waals surface area (Å²) in [5, 5.41) is 3.23. The van der Waals surface area contributed by atoms with Crippen LogP contribution in [0.4, 0.5) is 0 Å². The van der Waals surface area contributed by atoms with E-state index in [1.54, 1.807) is 0 Å². The van der Waals surface area contributed by atoms with E-state index in [0.717, 1.165) is 4.99 Å². The van der Waals surface area contributed by atoms with Crippen molar-refractivity contribution in [3.8, 4) is 0 Å². The predicted octanol–water partition coefficient (Wildman–Crippen LogP) is 0.805. The van der Waals surface area contributed by atoms with Crippen LogP contribution in [0.15, 0.2) is 0 Å². The fraction of sp³-hybridized carbons (Fsp3) is 0.857. The largest absolute Gasteiger partial charge is 0.376 e. The van der Waals surface area contributed by atoms with Gasteiger partial charge in [0, 0.05) is 12.6 Å². The molecule has 1 rings (SSSR count). The Balaban J connectivity index is 2.17. The van der Waals surface area contributed by atoms with Crippen molar-refractivity contribution in [2.24, 2.45) is 5.73 Å². The average molecular weight is 158 g/mol. The first kappa shape index (κ1) is 7.95. The first-order valence-corrected chi connectivity index (χ1v) is 4.23. The Bertz CT molecular complexity index is 119. The SMILES string of the molecule is NCC(=S)NC1CCCC1. The smallest absolute Gasteiger partial charge is 0.0893 e. The molecule has 0 amide bonds. The summed E-state index contributed by atoms with van der Waals surface area (Å²) >= 11 is 4.96. The van der Waals surface area contributed by atoms with Crippen LogP contribution in [0.2, 0.25) is 0 Å². The van der Waals surface area contributed by atoms with Gasteiger partial charge in [-0.25, -0.2) is 0 Å². The highest BCUT2D eigenvalue weighted by Gasteiger charge is 2.14. The molecule has 1 aliphatic rings. The lowest BCUT2D eigenvalue weighted by Gasteiger charge is -2.12. The maximum absolute atomic E-state index is 5.35. The maximum Gasteiger partial charge on any atom is 0.0893 e. The Hall–Kier alpha value is -0.150. The van der Waals surface area contributed by atoms with Crippen molar-refractivity contribution in [1.82, 2.24) is 5.32 Å². The lowest BCUT2D eigenvalue weighted by atomic mass is 10.2. The van der Waals surface area contributed by atoms with Gasteiger partial charge in [0.1, 0.15) is 0 Å². The molecule has 0 bridgehead atoms. The van der Waals surface area contributed by atoms with Gasteiger partial charge in [-0.3, -0.25) is 0 Å². The second-order valence-electron chi connectivity index (χ2n) is 2.75. The number of thiocarbonyl (C=S) groups is 1. The van der Waals surface area contributed by atoms with E-state index in [1.807, 2.05) is 0 Å². The topological polar surface area (TPSA) is 38.0 Å². The minimum Gasteiger partial charge on any atom is -0.376 e. The Kier molecular flexibility index (Phi) is 3.09. The molecule has 0 spiro atoms. The first-order chi connectivity index (χ1) is 4.83. The predicted molar refractivity (Wildman–Crippen MR) is 47.0 cm³/mol. The van der Waals surface area contributed by atoms with Gasteiger partial charge < -0.3 is 11.1 Å². The molecule has 0 aromatic heterocycles. The van der Waals surface area contributed by atoms with E-state index in [1.165, 1.54) is 25.7 Å². The second-order valence-corrected chi connectivity index (χ2v) is 3.25. The molecule has 0 aromatic carbocycles. The van der Waals surface area contributed by atoms with Crippen LogP contribution in [-0.4, -0.2) is 17.6 Å². The lowest BCUT2D eigenvalue weighted by Crippen LogP contribution is -2.35. The summed E-state index contributed by atoms with van der Waals surface area (Å²) in [6.07, 6.45) is 5.20. The molecule has 0 heterocycles. The molecule has 3 heteroatoms.